The number of hydrogen-bond donors (Lipinski definition) is 1. The van der Waals surface area contributed by atoms with Gasteiger partial charge < -0.3 is 10.2 Å². The van der Waals surface area contributed by atoms with E-state index in [0.29, 0.717) is 49.2 Å². The Morgan fingerprint density at radius 1 is 1.10 bits per heavy atom. The Kier molecular flexibility index (Phi) is 7.62. The molecule has 1 aromatic heterocycles. The molecule has 31 heavy (non-hydrogen) atoms. The number of carbonyl (C=O) groups excluding carboxylic acids is 2. The van der Waals surface area contributed by atoms with Crippen molar-refractivity contribution in [2.45, 2.75) is 40.2 Å². The first kappa shape index (κ1) is 23.6. The van der Waals surface area contributed by atoms with Gasteiger partial charge in [-0.15, -0.1) is 0 Å². The van der Waals surface area contributed by atoms with Gasteiger partial charge in [0, 0.05) is 43.5 Å². The second-order valence-corrected chi connectivity index (χ2v) is 9.03. The monoisotopic (exact) mass is 465 g/mol. The molecule has 1 aromatic carbocycles. The maximum absolute atomic E-state index is 12.9. The van der Waals surface area contributed by atoms with E-state index in [2.05, 4.69) is 15.3 Å². The van der Waals surface area contributed by atoms with Crippen LogP contribution in [0.15, 0.2) is 18.2 Å². The van der Waals surface area contributed by atoms with Crippen molar-refractivity contribution >= 4 is 35.0 Å². The molecule has 0 unspecified atom stereocenters. The summed E-state index contributed by atoms with van der Waals surface area (Å²) in [5, 5.41) is 8.47. The Morgan fingerprint density at radius 2 is 1.77 bits per heavy atom. The van der Waals surface area contributed by atoms with Crippen molar-refractivity contribution in [3.63, 3.8) is 0 Å². The minimum Gasteiger partial charge on any atom is -0.353 e. The fraction of sp³-hybridized carbons (Fsp3) is 0.500. The zero-order chi connectivity index (χ0) is 22.7. The van der Waals surface area contributed by atoms with Gasteiger partial charge in [-0.2, -0.15) is 5.10 Å². The molecule has 0 spiro atoms. The van der Waals surface area contributed by atoms with Crippen molar-refractivity contribution in [2.75, 3.05) is 32.7 Å². The largest absolute Gasteiger partial charge is 0.353 e. The van der Waals surface area contributed by atoms with E-state index in [1.165, 1.54) is 0 Å². The summed E-state index contributed by atoms with van der Waals surface area (Å²) < 4.78 is 1.80. The Morgan fingerprint density at radius 3 is 2.39 bits per heavy atom. The number of rotatable bonds is 6. The summed E-state index contributed by atoms with van der Waals surface area (Å²) >= 11 is 12.2. The first-order valence-corrected chi connectivity index (χ1v) is 11.2. The number of carbonyl (C=O) groups is 2. The maximum atomic E-state index is 12.9. The predicted octanol–water partition coefficient (Wildman–Crippen LogP) is 3.01. The van der Waals surface area contributed by atoms with Crippen LogP contribution in [0.25, 0.3) is 5.69 Å². The predicted molar refractivity (Wildman–Crippen MR) is 123 cm³/mol. The number of piperazine rings is 1. The third-order valence-electron chi connectivity index (χ3n) is 5.46. The molecule has 1 N–H and O–H groups in total. The highest BCUT2D eigenvalue weighted by Gasteiger charge is 2.24. The molecule has 1 saturated heterocycles. The van der Waals surface area contributed by atoms with Gasteiger partial charge in [0.15, 0.2) is 0 Å². The van der Waals surface area contributed by atoms with Crippen LogP contribution in [-0.4, -0.2) is 70.2 Å². The van der Waals surface area contributed by atoms with Crippen LogP contribution < -0.4 is 5.32 Å². The molecule has 7 nitrogen and oxygen atoms in total. The summed E-state index contributed by atoms with van der Waals surface area (Å²) in [6.07, 6.45) is 0.298. The summed E-state index contributed by atoms with van der Waals surface area (Å²) in [5.74, 6) is 0.0990. The number of aromatic nitrogens is 2. The molecule has 2 heterocycles. The Labute approximate surface area is 193 Å². The van der Waals surface area contributed by atoms with Crippen molar-refractivity contribution < 1.29 is 9.59 Å². The summed E-state index contributed by atoms with van der Waals surface area (Å²) in [6.45, 7) is 10.7. The van der Waals surface area contributed by atoms with Crippen LogP contribution in [0.3, 0.4) is 0 Å². The highest BCUT2D eigenvalue weighted by molar-refractivity contribution is 6.42. The molecule has 9 heteroatoms. The Balaban J connectivity index is 1.62. The molecule has 1 aliphatic rings. The third kappa shape index (κ3) is 5.79. The van der Waals surface area contributed by atoms with E-state index in [9.17, 15) is 9.59 Å². The third-order valence-corrected chi connectivity index (χ3v) is 6.20. The fourth-order valence-electron chi connectivity index (χ4n) is 3.79. The minimum absolute atomic E-state index is 0.0238. The van der Waals surface area contributed by atoms with E-state index in [0.717, 1.165) is 22.6 Å². The standard InChI is InChI=1S/C22H29Cl2N5O2/c1-14(2)25-21(30)13-27-7-9-28(10-8-27)22(31)12-18-15(3)26-29(16(18)4)17-5-6-19(23)20(24)11-17/h5-6,11,14H,7-10,12-13H2,1-4H3,(H,25,30). The number of amides is 2. The van der Waals surface area contributed by atoms with E-state index in [1.54, 1.807) is 16.8 Å². The second kappa shape index (κ2) is 10.0. The van der Waals surface area contributed by atoms with Gasteiger partial charge in [-0.25, -0.2) is 4.68 Å². The molecule has 0 atom stereocenters. The van der Waals surface area contributed by atoms with Crippen molar-refractivity contribution in [3.05, 3.63) is 45.2 Å². The lowest BCUT2D eigenvalue weighted by atomic mass is 10.1. The zero-order valence-electron chi connectivity index (χ0n) is 18.4. The quantitative estimate of drug-likeness (QED) is 0.711. The Bertz CT molecular complexity index is 965. The first-order chi connectivity index (χ1) is 14.7. The van der Waals surface area contributed by atoms with Crippen molar-refractivity contribution in [3.8, 4) is 5.69 Å². The summed E-state index contributed by atoms with van der Waals surface area (Å²) in [7, 11) is 0. The van der Waals surface area contributed by atoms with Gasteiger partial charge in [-0.1, -0.05) is 23.2 Å². The molecule has 1 aliphatic heterocycles. The summed E-state index contributed by atoms with van der Waals surface area (Å²) in [5.41, 5.74) is 3.46. The number of aryl methyl sites for hydroxylation is 1. The fourth-order valence-corrected chi connectivity index (χ4v) is 4.08. The number of nitrogens with zero attached hydrogens (tertiary/aromatic N) is 4. The molecule has 0 aliphatic carbocycles. The van der Waals surface area contributed by atoms with Crippen molar-refractivity contribution in [1.82, 2.24) is 24.9 Å². The van der Waals surface area contributed by atoms with Crippen LogP contribution >= 0.6 is 23.2 Å². The topological polar surface area (TPSA) is 70.5 Å². The zero-order valence-corrected chi connectivity index (χ0v) is 19.9. The van der Waals surface area contributed by atoms with Crippen molar-refractivity contribution in [2.24, 2.45) is 0 Å². The van der Waals surface area contributed by atoms with E-state index in [4.69, 9.17) is 23.2 Å². The van der Waals surface area contributed by atoms with E-state index in [1.807, 2.05) is 38.7 Å². The lowest BCUT2D eigenvalue weighted by molar-refractivity contribution is -0.132. The average Bonchev–Trinajstić information content (AvgIpc) is 2.98. The van der Waals surface area contributed by atoms with Crippen LogP contribution in [-0.2, 0) is 16.0 Å². The minimum atomic E-state index is 0.0238. The molecule has 2 aromatic rings. The molecule has 3 rings (SSSR count). The van der Waals surface area contributed by atoms with Gasteiger partial charge in [0.1, 0.15) is 0 Å². The second-order valence-electron chi connectivity index (χ2n) is 8.22. The number of halogens is 2. The SMILES string of the molecule is Cc1nn(-c2ccc(Cl)c(Cl)c2)c(C)c1CC(=O)N1CCN(CC(=O)NC(C)C)CC1. The summed E-state index contributed by atoms with van der Waals surface area (Å²) in [6, 6.07) is 5.49. The highest BCUT2D eigenvalue weighted by atomic mass is 35.5. The van der Waals surface area contributed by atoms with Gasteiger partial charge in [-0.3, -0.25) is 14.5 Å². The first-order valence-electron chi connectivity index (χ1n) is 10.5. The normalized spacial score (nSPS) is 14.9. The van der Waals surface area contributed by atoms with Crippen LogP contribution in [0.2, 0.25) is 10.0 Å². The molecule has 1 fully saturated rings. The van der Waals surface area contributed by atoms with Crippen LogP contribution in [0.5, 0.6) is 0 Å². The van der Waals surface area contributed by atoms with E-state index >= 15 is 0 Å². The molecular formula is C22H29Cl2N5O2. The number of nitrogens with one attached hydrogen (secondary N) is 1. The molecule has 168 valence electrons. The maximum Gasteiger partial charge on any atom is 0.234 e. The Hall–Kier alpha value is -2.09. The highest BCUT2D eigenvalue weighted by Crippen LogP contribution is 2.26. The van der Waals surface area contributed by atoms with Gasteiger partial charge in [-0.05, 0) is 45.9 Å². The van der Waals surface area contributed by atoms with Crippen LogP contribution in [0, 0.1) is 13.8 Å². The average molecular weight is 466 g/mol. The van der Waals surface area contributed by atoms with Crippen molar-refractivity contribution in [1.29, 1.82) is 0 Å². The number of benzene rings is 1. The number of hydrogen-bond acceptors (Lipinski definition) is 4. The van der Waals surface area contributed by atoms with Gasteiger partial charge in [0.2, 0.25) is 11.8 Å². The van der Waals surface area contributed by atoms with Gasteiger partial charge in [0.25, 0.3) is 0 Å². The lowest BCUT2D eigenvalue weighted by Gasteiger charge is -2.34. The van der Waals surface area contributed by atoms with E-state index in [-0.39, 0.29) is 17.9 Å². The van der Waals surface area contributed by atoms with Crippen LogP contribution in [0.4, 0.5) is 0 Å². The smallest absolute Gasteiger partial charge is 0.234 e. The molecule has 0 bridgehead atoms. The van der Waals surface area contributed by atoms with E-state index < -0.39 is 0 Å². The van der Waals surface area contributed by atoms with Gasteiger partial charge >= 0.3 is 0 Å². The van der Waals surface area contributed by atoms with Gasteiger partial charge in [0.05, 0.1) is 34.4 Å². The molecular weight excluding hydrogens is 437 g/mol. The molecule has 0 saturated carbocycles. The molecule has 0 radical (unpaired) electrons. The van der Waals surface area contributed by atoms with Crippen LogP contribution in [0.1, 0.15) is 30.8 Å². The summed E-state index contributed by atoms with van der Waals surface area (Å²) in [4.78, 5) is 28.8. The molecule has 2 amide bonds. The lowest BCUT2D eigenvalue weighted by Crippen LogP contribution is -2.51.